The Kier molecular flexibility index (Phi) is 4.45. The summed E-state index contributed by atoms with van der Waals surface area (Å²) in [6.45, 7) is 3.80. The Hall–Kier alpha value is -0.510. The van der Waals surface area contributed by atoms with Crippen molar-refractivity contribution in [3.05, 3.63) is 29.8 Å². The molecule has 0 aliphatic rings. The molecule has 2 nitrogen and oxygen atoms in total. The zero-order valence-electron chi connectivity index (χ0n) is 8.47. The summed E-state index contributed by atoms with van der Waals surface area (Å²) in [7, 11) is 0. The quantitative estimate of drug-likeness (QED) is 0.750. The van der Waals surface area contributed by atoms with E-state index in [2.05, 4.69) is 0 Å². The molecule has 0 saturated carbocycles. The molecule has 0 fully saturated rings. The molecule has 2 N–H and O–H groups in total. The van der Waals surface area contributed by atoms with Crippen molar-refractivity contribution in [3.8, 4) is 0 Å². The zero-order valence-corrected chi connectivity index (χ0v) is 9.29. The van der Waals surface area contributed by atoms with Gasteiger partial charge in [-0.1, -0.05) is 25.1 Å². The number of benzene rings is 1. The minimum absolute atomic E-state index is 0.0513. The fourth-order valence-electron chi connectivity index (χ4n) is 1.05. The van der Waals surface area contributed by atoms with Crippen molar-refractivity contribution in [1.82, 2.24) is 0 Å². The molecule has 0 saturated heterocycles. The van der Waals surface area contributed by atoms with Crippen LogP contribution >= 0.6 is 11.8 Å². The zero-order chi connectivity index (χ0) is 10.6. The summed E-state index contributed by atoms with van der Waals surface area (Å²) in [5.41, 5.74) is 0.921. The Morgan fingerprint density at radius 1 is 1.29 bits per heavy atom. The summed E-state index contributed by atoms with van der Waals surface area (Å²) in [5, 5.41) is 18.6. The van der Waals surface area contributed by atoms with Crippen molar-refractivity contribution in [2.24, 2.45) is 0 Å². The molecule has 0 heterocycles. The summed E-state index contributed by atoms with van der Waals surface area (Å²) in [6, 6.07) is 7.71. The third-order valence-electron chi connectivity index (χ3n) is 2.14. The Morgan fingerprint density at radius 3 is 2.50 bits per heavy atom. The smallest absolute Gasteiger partial charge is 0.0692 e. The highest BCUT2D eigenvalue weighted by Gasteiger charge is 2.11. The average molecular weight is 212 g/mol. The molecule has 0 amide bonds. The van der Waals surface area contributed by atoms with Gasteiger partial charge in [0, 0.05) is 10.1 Å². The monoisotopic (exact) mass is 212 g/mol. The van der Waals surface area contributed by atoms with E-state index in [1.165, 1.54) is 0 Å². The normalized spacial score (nSPS) is 15.1. The summed E-state index contributed by atoms with van der Waals surface area (Å²) in [5.74, 6) is 0. The molecule has 0 spiro atoms. The number of thioether (sulfide) groups is 1. The van der Waals surface area contributed by atoms with Gasteiger partial charge in [0.05, 0.1) is 12.7 Å². The average Bonchev–Trinajstić information content (AvgIpc) is 2.18. The Bertz CT molecular complexity index is 286. The second kappa shape index (κ2) is 5.39. The first-order chi connectivity index (χ1) is 6.65. The van der Waals surface area contributed by atoms with Crippen LogP contribution in [0.25, 0.3) is 0 Å². The highest BCUT2D eigenvalue weighted by molar-refractivity contribution is 8.00. The van der Waals surface area contributed by atoms with Gasteiger partial charge in [0.25, 0.3) is 0 Å². The van der Waals surface area contributed by atoms with Crippen molar-refractivity contribution in [2.75, 3.05) is 0 Å². The molecule has 0 aliphatic heterocycles. The minimum Gasteiger partial charge on any atom is -0.392 e. The molecule has 78 valence electrons. The topological polar surface area (TPSA) is 40.5 Å². The fourth-order valence-corrected chi connectivity index (χ4v) is 2.09. The molecule has 2 atom stereocenters. The van der Waals surface area contributed by atoms with Crippen molar-refractivity contribution in [3.63, 3.8) is 0 Å². The standard InChI is InChI=1S/C11H16O2S/c1-8(13)9(2)14-11-6-4-3-5-10(11)7-12/h3-6,8-9,12-13H,7H2,1-2H3. The Labute approximate surface area is 89.0 Å². The lowest BCUT2D eigenvalue weighted by atomic mass is 10.2. The molecular weight excluding hydrogens is 196 g/mol. The maximum atomic E-state index is 9.36. The fraction of sp³-hybridized carbons (Fsp3) is 0.455. The van der Waals surface area contributed by atoms with Gasteiger partial charge in [-0.2, -0.15) is 0 Å². The van der Waals surface area contributed by atoms with Gasteiger partial charge in [0.15, 0.2) is 0 Å². The van der Waals surface area contributed by atoms with E-state index in [0.29, 0.717) is 0 Å². The van der Waals surface area contributed by atoms with E-state index in [-0.39, 0.29) is 18.0 Å². The predicted molar refractivity (Wildman–Crippen MR) is 59.4 cm³/mol. The summed E-state index contributed by atoms with van der Waals surface area (Å²) in [4.78, 5) is 1.04. The third-order valence-corrected chi connectivity index (χ3v) is 3.55. The van der Waals surface area contributed by atoms with Gasteiger partial charge in [0.2, 0.25) is 0 Å². The summed E-state index contributed by atoms with van der Waals surface area (Å²) in [6.07, 6.45) is -0.341. The lowest BCUT2D eigenvalue weighted by molar-refractivity contribution is 0.196. The van der Waals surface area contributed by atoms with Crippen molar-refractivity contribution in [2.45, 2.75) is 36.7 Å². The highest BCUT2D eigenvalue weighted by atomic mass is 32.2. The highest BCUT2D eigenvalue weighted by Crippen LogP contribution is 2.28. The third kappa shape index (κ3) is 3.01. The van der Waals surface area contributed by atoms with Crippen molar-refractivity contribution >= 4 is 11.8 Å². The molecule has 1 aromatic carbocycles. The number of aliphatic hydroxyl groups excluding tert-OH is 2. The van der Waals surface area contributed by atoms with E-state index in [1.807, 2.05) is 31.2 Å². The first kappa shape index (κ1) is 11.6. The number of rotatable bonds is 4. The second-order valence-electron chi connectivity index (χ2n) is 3.33. The molecule has 0 aromatic heterocycles. The molecule has 1 rings (SSSR count). The van der Waals surface area contributed by atoms with E-state index in [4.69, 9.17) is 5.11 Å². The van der Waals surface area contributed by atoms with Crippen LogP contribution in [0.5, 0.6) is 0 Å². The van der Waals surface area contributed by atoms with Crippen LogP contribution in [0.4, 0.5) is 0 Å². The Morgan fingerprint density at radius 2 is 1.93 bits per heavy atom. The van der Waals surface area contributed by atoms with E-state index < -0.39 is 0 Å². The summed E-state index contributed by atoms with van der Waals surface area (Å²) >= 11 is 1.59. The van der Waals surface area contributed by atoms with Crippen LogP contribution in [0.2, 0.25) is 0 Å². The van der Waals surface area contributed by atoms with E-state index in [0.717, 1.165) is 10.5 Å². The largest absolute Gasteiger partial charge is 0.392 e. The van der Waals surface area contributed by atoms with Crippen LogP contribution in [0.3, 0.4) is 0 Å². The molecule has 0 aliphatic carbocycles. The summed E-state index contributed by atoms with van der Waals surface area (Å²) < 4.78 is 0. The number of hydrogen-bond donors (Lipinski definition) is 2. The van der Waals surface area contributed by atoms with Crippen LogP contribution in [0, 0.1) is 0 Å². The minimum atomic E-state index is -0.341. The Balaban J connectivity index is 2.75. The van der Waals surface area contributed by atoms with Crippen molar-refractivity contribution in [1.29, 1.82) is 0 Å². The van der Waals surface area contributed by atoms with Gasteiger partial charge >= 0.3 is 0 Å². The SMILES string of the molecule is CC(O)C(C)Sc1ccccc1CO. The molecule has 3 heteroatoms. The number of hydrogen-bond acceptors (Lipinski definition) is 3. The molecule has 0 bridgehead atoms. The number of aliphatic hydroxyl groups is 2. The lowest BCUT2D eigenvalue weighted by Gasteiger charge is -2.15. The van der Waals surface area contributed by atoms with E-state index >= 15 is 0 Å². The van der Waals surface area contributed by atoms with E-state index in [9.17, 15) is 5.11 Å². The molecular formula is C11H16O2S. The van der Waals surface area contributed by atoms with Gasteiger partial charge in [0.1, 0.15) is 0 Å². The maximum Gasteiger partial charge on any atom is 0.0692 e. The van der Waals surface area contributed by atoms with Gasteiger partial charge in [-0.3, -0.25) is 0 Å². The van der Waals surface area contributed by atoms with Crippen LogP contribution in [-0.2, 0) is 6.61 Å². The molecule has 14 heavy (non-hydrogen) atoms. The maximum absolute atomic E-state index is 9.36. The van der Waals surface area contributed by atoms with Gasteiger partial charge in [-0.25, -0.2) is 0 Å². The second-order valence-corrected chi connectivity index (χ2v) is 4.75. The van der Waals surface area contributed by atoms with Crippen LogP contribution in [-0.4, -0.2) is 21.6 Å². The lowest BCUT2D eigenvalue weighted by Crippen LogP contribution is -2.15. The molecule has 0 radical (unpaired) electrons. The molecule has 1 aromatic rings. The van der Waals surface area contributed by atoms with Crippen molar-refractivity contribution < 1.29 is 10.2 Å². The molecule has 2 unspecified atom stereocenters. The first-order valence-corrected chi connectivity index (χ1v) is 5.56. The first-order valence-electron chi connectivity index (χ1n) is 4.68. The van der Waals surface area contributed by atoms with Gasteiger partial charge in [-0.05, 0) is 18.6 Å². The van der Waals surface area contributed by atoms with Crippen LogP contribution in [0.1, 0.15) is 19.4 Å². The van der Waals surface area contributed by atoms with Gasteiger partial charge < -0.3 is 10.2 Å². The van der Waals surface area contributed by atoms with E-state index in [1.54, 1.807) is 18.7 Å². The van der Waals surface area contributed by atoms with Gasteiger partial charge in [-0.15, -0.1) is 11.8 Å². The predicted octanol–water partition coefficient (Wildman–Crippen LogP) is 2.04. The van der Waals surface area contributed by atoms with Crippen LogP contribution in [0.15, 0.2) is 29.2 Å². The van der Waals surface area contributed by atoms with Crippen LogP contribution < -0.4 is 0 Å².